The van der Waals surface area contributed by atoms with E-state index in [1.807, 2.05) is 30.3 Å². The van der Waals surface area contributed by atoms with Crippen molar-refractivity contribution in [1.29, 1.82) is 0 Å². The van der Waals surface area contributed by atoms with Crippen LogP contribution in [0.15, 0.2) is 65.6 Å². The number of nitrogens with zero attached hydrogens (tertiary/aromatic N) is 2. The Balaban J connectivity index is 1.09. The van der Waals surface area contributed by atoms with E-state index in [1.165, 1.54) is 6.07 Å². The first-order valence-corrected chi connectivity index (χ1v) is 13.0. The molecule has 4 aromatic rings. The maximum absolute atomic E-state index is 13.5. The van der Waals surface area contributed by atoms with E-state index in [-0.39, 0.29) is 5.82 Å². The number of halogens is 1. The van der Waals surface area contributed by atoms with Gasteiger partial charge < -0.3 is 9.88 Å². The molecule has 2 aliphatic heterocycles. The molecule has 33 heavy (non-hydrogen) atoms. The molecule has 0 unspecified atom stereocenters. The Morgan fingerprint density at radius 2 is 1.73 bits per heavy atom. The predicted molar refractivity (Wildman–Crippen MR) is 130 cm³/mol. The van der Waals surface area contributed by atoms with Crippen molar-refractivity contribution in [3.63, 3.8) is 0 Å². The summed E-state index contributed by atoms with van der Waals surface area (Å²) in [5.74, 6) is 0.369. The van der Waals surface area contributed by atoms with E-state index in [2.05, 4.69) is 16.0 Å². The molecule has 1 saturated heterocycles. The number of aromatic amines is 1. The van der Waals surface area contributed by atoms with Crippen molar-refractivity contribution in [2.45, 2.75) is 24.2 Å². The topological polar surface area (TPSA) is 56.4 Å². The predicted octanol–water partition coefficient (Wildman–Crippen LogP) is 4.92. The van der Waals surface area contributed by atoms with E-state index in [4.69, 9.17) is 0 Å². The molecule has 5 nitrogen and oxygen atoms in total. The van der Waals surface area contributed by atoms with Crippen LogP contribution in [-0.2, 0) is 16.4 Å². The number of piperidine rings is 1. The van der Waals surface area contributed by atoms with Crippen LogP contribution in [0.3, 0.4) is 0 Å². The summed E-state index contributed by atoms with van der Waals surface area (Å²) in [6, 6.07) is 18.2. The summed E-state index contributed by atoms with van der Waals surface area (Å²) < 4.78 is 41.4. The Morgan fingerprint density at radius 1 is 0.939 bits per heavy atom. The molecule has 1 N–H and O–H groups in total. The van der Waals surface area contributed by atoms with Crippen molar-refractivity contribution in [1.82, 2.24) is 9.88 Å². The molecule has 0 spiro atoms. The number of rotatable bonds is 5. The summed E-state index contributed by atoms with van der Waals surface area (Å²) in [7, 11) is -3.49. The molecule has 3 heterocycles. The molecule has 170 valence electrons. The van der Waals surface area contributed by atoms with Crippen LogP contribution < -0.4 is 4.31 Å². The quantitative estimate of drug-likeness (QED) is 0.457. The number of hydrogen-bond donors (Lipinski definition) is 1. The summed E-state index contributed by atoms with van der Waals surface area (Å²) in [4.78, 5) is 6.21. The van der Waals surface area contributed by atoms with E-state index in [0.717, 1.165) is 72.0 Å². The minimum Gasteiger partial charge on any atom is -0.358 e. The molecule has 0 radical (unpaired) electrons. The molecule has 1 aromatic heterocycles. The van der Waals surface area contributed by atoms with E-state index in [1.54, 1.807) is 22.5 Å². The average Bonchev–Trinajstić information content (AvgIpc) is 3.30. The van der Waals surface area contributed by atoms with Gasteiger partial charge in [-0.2, -0.15) is 0 Å². The average molecular weight is 464 g/mol. The zero-order chi connectivity index (χ0) is 22.6. The fourth-order valence-corrected chi connectivity index (χ4v) is 7.13. The van der Waals surface area contributed by atoms with Gasteiger partial charge in [0.05, 0.1) is 10.6 Å². The summed E-state index contributed by atoms with van der Waals surface area (Å²) in [6.45, 7) is 3.12. The highest BCUT2D eigenvalue weighted by Gasteiger charge is 2.35. The third-order valence-corrected chi connectivity index (χ3v) is 9.01. The van der Waals surface area contributed by atoms with E-state index in [0.29, 0.717) is 17.4 Å². The first kappa shape index (κ1) is 20.7. The maximum atomic E-state index is 13.5. The molecule has 0 bridgehead atoms. The number of benzene rings is 3. The lowest BCUT2D eigenvalue weighted by atomic mass is 9.92. The molecule has 7 heteroatoms. The largest absolute Gasteiger partial charge is 0.358 e. The second kappa shape index (κ2) is 7.85. The van der Waals surface area contributed by atoms with Crippen LogP contribution in [0, 0.1) is 11.7 Å². The zero-order valence-electron chi connectivity index (χ0n) is 18.3. The third kappa shape index (κ3) is 3.60. The van der Waals surface area contributed by atoms with Gasteiger partial charge in [-0.05, 0) is 80.1 Å². The Hall–Kier alpha value is -2.90. The van der Waals surface area contributed by atoms with Crippen molar-refractivity contribution in [3.8, 4) is 0 Å². The lowest BCUT2D eigenvalue weighted by molar-refractivity contribution is 0.188. The van der Waals surface area contributed by atoms with Crippen LogP contribution in [0.2, 0.25) is 0 Å². The van der Waals surface area contributed by atoms with Crippen LogP contribution in [0.25, 0.3) is 21.7 Å². The smallest absolute Gasteiger partial charge is 0.265 e. The van der Waals surface area contributed by atoms with Crippen molar-refractivity contribution in [2.24, 2.45) is 5.92 Å². The van der Waals surface area contributed by atoms with Crippen molar-refractivity contribution in [3.05, 3.63) is 72.2 Å². The summed E-state index contributed by atoms with van der Waals surface area (Å²) >= 11 is 0. The van der Waals surface area contributed by atoms with Gasteiger partial charge in [0.2, 0.25) is 0 Å². The van der Waals surface area contributed by atoms with E-state index >= 15 is 0 Å². The molecule has 0 aliphatic carbocycles. The van der Waals surface area contributed by atoms with Gasteiger partial charge in [-0.1, -0.05) is 24.3 Å². The van der Waals surface area contributed by atoms with Gasteiger partial charge in [0.25, 0.3) is 10.0 Å². The van der Waals surface area contributed by atoms with Gasteiger partial charge in [0.15, 0.2) is 0 Å². The second-order valence-electron chi connectivity index (χ2n) is 9.22. The normalized spacial score (nSPS) is 18.5. The van der Waals surface area contributed by atoms with E-state index in [9.17, 15) is 12.8 Å². The minimum absolute atomic E-state index is 0.208. The Bertz CT molecular complexity index is 1450. The number of anilines is 1. The highest BCUT2D eigenvalue weighted by atomic mass is 32.2. The van der Waals surface area contributed by atoms with E-state index < -0.39 is 10.0 Å². The van der Waals surface area contributed by atoms with Gasteiger partial charge in [-0.3, -0.25) is 4.31 Å². The number of likely N-dealkylation sites (tertiary alicyclic amines) is 1. The van der Waals surface area contributed by atoms with Crippen LogP contribution in [0.5, 0.6) is 0 Å². The Labute approximate surface area is 192 Å². The van der Waals surface area contributed by atoms with Crippen molar-refractivity contribution >= 4 is 37.4 Å². The highest BCUT2D eigenvalue weighted by molar-refractivity contribution is 7.93. The van der Waals surface area contributed by atoms with Crippen molar-refractivity contribution in [2.75, 3.05) is 30.5 Å². The van der Waals surface area contributed by atoms with Gasteiger partial charge in [-0.25, -0.2) is 12.8 Å². The SMILES string of the molecule is O=S1(=O)c2cccc3cccc(c23)N1CCN1CCC(Cc2cc3cc(F)ccc3[nH]2)CC1. The van der Waals surface area contributed by atoms with Crippen molar-refractivity contribution < 1.29 is 12.8 Å². The lowest BCUT2D eigenvalue weighted by Gasteiger charge is -2.33. The molecule has 6 rings (SSSR count). The van der Waals surface area contributed by atoms with Crippen LogP contribution in [0.1, 0.15) is 18.5 Å². The maximum Gasteiger partial charge on any atom is 0.265 e. The number of fused-ring (bicyclic) bond motifs is 1. The van der Waals surface area contributed by atoms with Gasteiger partial charge in [0, 0.05) is 35.1 Å². The molecule has 0 atom stereocenters. The Morgan fingerprint density at radius 3 is 2.55 bits per heavy atom. The van der Waals surface area contributed by atoms with Gasteiger partial charge in [-0.15, -0.1) is 0 Å². The summed E-state index contributed by atoms with van der Waals surface area (Å²) in [5.41, 5.74) is 2.93. The van der Waals surface area contributed by atoms with Crippen LogP contribution >= 0.6 is 0 Å². The molecule has 0 saturated carbocycles. The lowest BCUT2D eigenvalue weighted by Crippen LogP contribution is -2.41. The number of H-pyrrole nitrogens is 1. The number of aromatic nitrogens is 1. The molecule has 3 aromatic carbocycles. The standard InChI is InChI=1S/C26H26FN3O2S/c27-21-7-8-23-20(16-21)17-22(28-23)15-18-9-11-29(12-10-18)13-14-30-24-5-1-3-19-4-2-6-25(26(19)24)33(30,31)32/h1-8,16-18,28H,9-15H2. The molecular weight excluding hydrogens is 437 g/mol. The zero-order valence-corrected chi connectivity index (χ0v) is 19.1. The Kier molecular flexibility index (Phi) is 4.92. The fourth-order valence-electron chi connectivity index (χ4n) is 5.43. The summed E-state index contributed by atoms with van der Waals surface area (Å²) in [6.07, 6.45) is 3.11. The number of sulfonamides is 1. The monoisotopic (exact) mass is 463 g/mol. The fraction of sp³-hybridized carbons (Fsp3) is 0.308. The number of hydrogen-bond acceptors (Lipinski definition) is 3. The van der Waals surface area contributed by atoms with Gasteiger partial charge in [0.1, 0.15) is 5.82 Å². The minimum atomic E-state index is -3.49. The van der Waals surface area contributed by atoms with Crippen LogP contribution in [-0.4, -0.2) is 44.5 Å². The first-order valence-electron chi connectivity index (χ1n) is 11.5. The first-order chi connectivity index (χ1) is 16.0. The second-order valence-corrected chi connectivity index (χ2v) is 11.1. The third-order valence-electron chi connectivity index (χ3n) is 7.15. The van der Waals surface area contributed by atoms with Gasteiger partial charge >= 0.3 is 0 Å². The molecular formula is C26H26FN3O2S. The van der Waals surface area contributed by atoms with Crippen LogP contribution in [0.4, 0.5) is 10.1 Å². The highest BCUT2D eigenvalue weighted by Crippen LogP contribution is 2.41. The number of nitrogens with one attached hydrogen (secondary N) is 1. The molecule has 1 fully saturated rings. The molecule has 2 aliphatic rings. The molecule has 0 amide bonds. The summed E-state index contributed by atoms with van der Waals surface area (Å²) in [5, 5.41) is 2.74.